The van der Waals surface area contributed by atoms with E-state index in [1.807, 2.05) is 0 Å². The second-order valence-electron chi connectivity index (χ2n) is 6.64. The fourth-order valence-electron chi connectivity index (χ4n) is 2.92. The van der Waals surface area contributed by atoms with Gasteiger partial charge in [-0.05, 0) is 35.9 Å². The van der Waals surface area contributed by atoms with Crippen molar-refractivity contribution in [2.24, 2.45) is 0 Å². The number of rotatable bonds is 9. The van der Waals surface area contributed by atoms with Crippen molar-refractivity contribution in [3.8, 4) is 23.0 Å². The second kappa shape index (κ2) is 9.84. The number of carbonyl (C=O) groups is 3. The largest absolute Gasteiger partial charge is 0.493 e. The second-order valence-corrected chi connectivity index (χ2v) is 6.64. The van der Waals surface area contributed by atoms with Gasteiger partial charge in [-0.1, -0.05) is 6.07 Å². The fourth-order valence-corrected chi connectivity index (χ4v) is 2.92. The number of Topliss-reactive ketones (excluding diaryl/α,β-unsaturated/α-hetero) is 1. The zero-order valence-corrected chi connectivity index (χ0v) is 17.3. The molecule has 0 spiro atoms. The van der Waals surface area contributed by atoms with E-state index < -0.39 is 31.1 Å². The fraction of sp³-hybridized carbons (Fsp3) is 0.227. The van der Waals surface area contributed by atoms with Crippen LogP contribution in [-0.4, -0.2) is 61.3 Å². The van der Waals surface area contributed by atoms with Crippen LogP contribution in [-0.2, 0) is 9.59 Å². The Labute approximate surface area is 183 Å². The van der Waals surface area contributed by atoms with Crippen molar-refractivity contribution in [1.82, 2.24) is 5.32 Å². The van der Waals surface area contributed by atoms with E-state index in [9.17, 15) is 14.4 Å². The van der Waals surface area contributed by atoms with Gasteiger partial charge in [-0.3, -0.25) is 9.59 Å². The highest BCUT2D eigenvalue weighted by atomic mass is 16.5. The summed E-state index contributed by atoms with van der Waals surface area (Å²) in [5.74, 6) is -0.729. The van der Waals surface area contributed by atoms with Gasteiger partial charge in [0.25, 0.3) is 5.91 Å². The molecule has 10 nitrogen and oxygen atoms in total. The zero-order chi connectivity index (χ0) is 23.3. The molecule has 32 heavy (non-hydrogen) atoms. The molecular formula is C22H21NO9. The van der Waals surface area contributed by atoms with Crippen LogP contribution in [0.3, 0.4) is 0 Å². The topological polar surface area (TPSA) is 141 Å². The van der Waals surface area contributed by atoms with Crippen molar-refractivity contribution in [3.63, 3.8) is 0 Å². The molecule has 0 radical (unpaired) electrons. The Balaban J connectivity index is 1.69. The predicted octanol–water partition coefficient (Wildman–Crippen LogP) is 1.26. The third-order valence-electron chi connectivity index (χ3n) is 4.53. The molecule has 2 aromatic carbocycles. The van der Waals surface area contributed by atoms with Crippen LogP contribution < -0.4 is 24.3 Å². The van der Waals surface area contributed by atoms with Crippen LogP contribution in [0.2, 0.25) is 0 Å². The van der Waals surface area contributed by atoms with E-state index in [1.54, 1.807) is 24.3 Å². The Morgan fingerprint density at radius 2 is 1.88 bits per heavy atom. The Bertz CT molecular complexity index is 1080. The van der Waals surface area contributed by atoms with Gasteiger partial charge in [0.15, 0.2) is 23.9 Å². The maximum absolute atomic E-state index is 12.6. The summed E-state index contributed by atoms with van der Waals surface area (Å²) in [6, 6.07) is 8.20. The average molecular weight is 443 g/mol. The molecule has 0 saturated heterocycles. The quantitative estimate of drug-likeness (QED) is 0.489. The minimum Gasteiger partial charge on any atom is -0.493 e. The smallest absolute Gasteiger partial charge is 0.328 e. The molecule has 1 aliphatic rings. The molecule has 168 valence electrons. The van der Waals surface area contributed by atoms with Crippen LogP contribution in [0.25, 0.3) is 6.08 Å². The van der Waals surface area contributed by atoms with Crippen LogP contribution in [0.15, 0.2) is 42.2 Å². The lowest BCUT2D eigenvalue weighted by molar-refractivity contribution is -0.143. The molecule has 0 unspecified atom stereocenters. The van der Waals surface area contributed by atoms with Gasteiger partial charge < -0.3 is 34.5 Å². The molecule has 1 atom stereocenters. The number of carboxylic acid groups (broad SMARTS) is 1. The van der Waals surface area contributed by atoms with Gasteiger partial charge in [0, 0.05) is 6.07 Å². The van der Waals surface area contributed by atoms with Crippen molar-refractivity contribution in [2.75, 3.05) is 27.4 Å². The number of aliphatic hydroxyl groups is 1. The number of hydrogen-bond donors (Lipinski definition) is 3. The summed E-state index contributed by atoms with van der Waals surface area (Å²) < 4.78 is 21.5. The summed E-state index contributed by atoms with van der Waals surface area (Å²) in [6.07, 6.45) is 1.57. The Morgan fingerprint density at radius 1 is 1.12 bits per heavy atom. The van der Waals surface area contributed by atoms with Crippen LogP contribution in [0.1, 0.15) is 15.9 Å². The number of amides is 1. The van der Waals surface area contributed by atoms with Gasteiger partial charge in [-0.2, -0.15) is 0 Å². The first kappa shape index (κ1) is 22.6. The Kier molecular flexibility index (Phi) is 6.96. The lowest BCUT2D eigenvalue weighted by Gasteiger charge is -2.12. The molecule has 0 fully saturated rings. The van der Waals surface area contributed by atoms with E-state index >= 15 is 0 Å². The molecule has 0 bridgehead atoms. The monoisotopic (exact) mass is 443 g/mol. The molecule has 10 heteroatoms. The number of nitrogens with one attached hydrogen (secondary N) is 1. The SMILES string of the molecule is COc1ccc(/C=C2\Oc3cc(OCC(=O)N[C@@H](CO)C(=O)O)ccc3C2=O)cc1OC. The molecule has 0 saturated carbocycles. The van der Waals surface area contributed by atoms with Crippen molar-refractivity contribution in [1.29, 1.82) is 0 Å². The summed E-state index contributed by atoms with van der Waals surface area (Å²) in [4.78, 5) is 35.3. The van der Waals surface area contributed by atoms with Crippen molar-refractivity contribution < 1.29 is 43.5 Å². The van der Waals surface area contributed by atoms with Gasteiger partial charge in [0.1, 0.15) is 17.5 Å². The number of carboxylic acids is 1. The highest BCUT2D eigenvalue weighted by molar-refractivity contribution is 6.14. The van der Waals surface area contributed by atoms with E-state index in [0.717, 1.165) is 0 Å². The highest BCUT2D eigenvalue weighted by Gasteiger charge is 2.28. The third kappa shape index (κ3) is 4.98. The van der Waals surface area contributed by atoms with Crippen molar-refractivity contribution >= 4 is 23.7 Å². The van der Waals surface area contributed by atoms with E-state index in [1.165, 1.54) is 32.4 Å². The number of carbonyl (C=O) groups excluding carboxylic acids is 2. The molecule has 1 aliphatic heterocycles. The van der Waals surface area contributed by atoms with Gasteiger partial charge in [-0.25, -0.2) is 4.79 Å². The predicted molar refractivity (Wildman–Crippen MR) is 111 cm³/mol. The normalized spacial score (nSPS) is 14.3. The standard InChI is InChI=1S/C22H21NO9/c1-29-16-6-3-12(7-18(16)30-2)8-19-21(26)14-5-4-13(9-17(14)32-19)31-11-20(25)23-15(10-24)22(27)28/h3-9,15,24H,10-11H2,1-2H3,(H,23,25)(H,27,28)/b19-8-/t15-/m0/s1. The first-order valence-corrected chi connectivity index (χ1v) is 9.42. The number of ketones is 1. The van der Waals surface area contributed by atoms with E-state index in [0.29, 0.717) is 22.6 Å². The number of ether oxygens (including phenoxy) is 4. The molecule has 1 amide bonds. The Morgan fingerprint density at radius 3 is 2.53 bits per heavy atom. The molecule has 3 N–H and O–H groups in total. The maximum Gasteiger partial charge on any atom is 0.328 e. The number of benzene rings is 2. The first-order valence-electron chi connectivity index (χ1n) is 9.42. The van der Waals surface area contributed by atoms with Gasteiger partial charge in [0.2, 0.25) is 5.78 Å². The van der Waals surface area contributed by atoms with E-state index in [4.69, 9.17) is 29.2 Å². The summed E-state index contributed by atoms with van der Waals surface area (Å²) in [6.45, 7) is -1.23. The molecule has 0 aromatic heterocycles. The summed E-state index contributed by atoms with van der Waals surface area (Å²) in [7, 11) is 3.03. The minimum absolute atomic E-state index is 0.106. The van der Waals surface area contributed by atoms with Crippen LogP contribution in [0, 0.1) is 0 Å². The van der Waals surface area contributed by atoms with Crippen LogP contribution in [0.5, 0.6) is 23.0 Å². The lowest BCUT2D eigenvalue weighted by atomic mass is 10.1. The van der Waals surface area contributed by atoms with Gasteiger partial charge >= 0.3 is 5.97 Å². The number of aliphatic hydroxyl groups excluding tert-OH is 1. The van der Waals surface area contributed by atoms with Crippen LogP contribution >= 0.6 is 0 Å². The third-order valence-corrected chi connectivity index (χ3v) is 4.53. The van der Waals surface area contributed by atoms with Gasteiger partial charge in [-0.15, -0.1) is 0 Å². The van der Waals surface area contributed by atoms with Crippen LogP contribution in [0.4, 0.5) is 0 Å². The van der Waals surface area contributed by atoms with Crippen molar-refractivity contribution in [2.45, 2.75) is 6.04 Å². The summed E-state index contributed by atoms with van der Waals surface area (Å²) >= 11 is 0. The van der Waals surface area contributed by atoms with E-state index in [2.05, 4.69) is 5.32 Å². The number of aliphatic carboxylic acids is 1. The lowest BCUT2D eigenvalue weighted by Crippen LogP contribution is -2.45. The average Bonchev–Trinajstić information content (AvgIpc) is 3.10. The number of fused-ring (bicyclic) bond motifs is 1. The molecule has 0 aliphatic carbocycles. The van der Waals surface area contributed by atoms with E-state index in [-0.39, 0.29) is 23.0 Å². The number of methoxy groups -OCH3 is 2. The number of allylic oxidation sites excluding steroid dienone is 1. The Hall–Kier alpha value is -4.05. The molecular weight excluding hydrogens is 422 g/mol. The van der Waals surface area contributed by atoms with Gasteiger partial charge in [0.05, 0.1) is 26.4 Å². The molecule has 1 heterocycles. The summed E-state index contributed by atoms with van der Waals surface area (Å²) in [5, 5.41) is 19.9. The maximum atomic E-state index is 12.6. The zero-order valence-electron chi connectivity index (χ0n) is 17.3. The number of hydrogen-bond acceptors (Lipinski definition) is 8. The summed E-state index contributed by atoms with van der Waals surface area (Å²) in [5.41, 5.74) is 1.00. The highest BCUT2D eigenvalue weighted by Crippen LogP contribution is 2.35. The molecule has 2 aromatic rings. The first-order chi connectivity index (χ1) is 15.4. The van der Waals surface area contributed by atoms with Crippen molar-refractivity contribution in [3.05, 3.63) is 53.3 Å². The minimum atomic E-state index is -1.42. The molecule has 3 rings (SSSR count).